The molecule has 0 atom stereocenters. The molecular weight excluding hydrogens is 352 g/mol. The van der Waals surface area contributed by atoms with Crippen molar-refractivity contribution < 1.29 is 20.4 Å². The van der Waals surface area contributed by atoms with Crippen LogP contribution < -0.4 is 0 Å². The van der Waals surface area contributed by atoms with Gasteiger partial charge < -0.3 is 20.4 Å². The van der Waals surface area contributed by atoms with Crippen molar-refractivity contribution in [1.29, 1.82) is 0 Å². The van der Waals surface area contributed by atoms with E-state index in [1.165, 1.54) is 12.1 Å². The molecule has 0 radical (unpaired) electrons. The van der Waals surface area contributed by atoms with Crippen molar-refractivity contribution in [3.8, 4) is 22.6 Å². The standard InChI is InChI=1S/C12H12O2.C12H10O2/c13-12(14)8-6-11(7-9-12)10-4-2-1-3-5-10;13-10-6-7-11(12(14)8-10)9-4-2-1-3-5-9/h1-8,13-14H,9H2;1-8,13-14H. The van der Waals surface area contributed by atoms with Crippen LogP contribution in [0.1, 0.15) is 12.0 Å². The molecule has 3 aromatic rings. The minimum Gasteiger partial charge on any atom is -0.508 e. The second-order valence-corrected chi connectivity index (χ2v) is 6.51. The van der Waals surface area contributed by atoms with Gasteiger partial charge in [0.25, 0.3) is 0 Å². The van der Waals surface area contributed by atoms with Crippen LogP contribution in [0.3, 0.4) is 0 Å². The Hall–Kier alpha value is -3.34. The molecule has 0 heterocycles. The van der Waals surface area contributed by atoms with Crippen LogP contribution in [-0.4, -0.2) is 26.2 Å². The van der Waals surface area contributed by atoms with Gasteiger partial charge in [-0.15, -0.1) is 0 Å². The minimum atomic E-state index is -1.67. The summed E-state index contributed by atoms with van der Waals surface area (Å²) in [7, 11) is 0. The van der Waals surface area contributed by atoms with Crippen molar-refractivity contribution in [2.75, 3.05) is 0 Å². The maximum absolute atomic E-state index is 9.58. The molecule has 4 heteroatoms. The molecule has 0 aromatic heterocycles. The number of hydrogen-bond acceptors (Lipinski definition) is 4. The van der Waals surface area contributed by atoms with Gasteiger partial charge in [0.05, 0.1) is 0 Å². The average Bonchev–Trinajstić information content (AvgIpc) is 2.70. The molecule has 28 heavy (non-hydrogen) atoms. The molecule has 0 saturated heterocycles. The lowest BCUT2D eigenvalue weighted by atomic mass is 9.97. The Morgan fingerprint density at radius 2 is 1.32 bits per heavy atom. The summed E-state index contributed by atoms with van der Waals surface area (Å²) in [5.74, 6) is -1.50. The van der Waals surface area contributed by atoms with E-state index in [1.807, 2.05) is 66.7 Å². The molecule has 142 valence electrons. The summed E-state index contributed by atoms with van der Waals surface area (Å²) < 4.78 is 0. The van der Waals surface area contributed by atoms with Gasteiger partial charge in [-0.2, -0.15) is 0 Å². The van der Waals surface area contributed by atoms with E-state index >= 15 is 0 Å². The maximum atomic E-state index is 9.58. The number of hydrogen-bond donors (Lipinski definition) is 4. The van der Waals surface area contributed by atoms with Crippen molar-refractivity contribution in [1.82, 2.24) is 0 Å². The van der Waals surface area contributed by atoms with Crippen molar-refractivity contribution in [3.05, 3.63) is 103 Å². The number of aliphatic hydroxyl groups is 2. The third-order valence-electron chi connectivity index (χ3n) is 4.33. The summed E-state index contributed by atoms with van der Waals surface area (Å²) in [5.41, 5.74) is 3.79. The highest BCUT2D eigenvalue weighted by Crippen LogP contribution is 2.31. The lowest BCUT2D eigenvalue weighted by molar-refractivity contribution is -0.114. The van der Waals surface area contributed by atoms with Crippen LogP contribution in [0.4, 0.5) is 0 Å². The molecule has 0 fully saturated rings. The van der Waals surface area contributed by atoms with Gasteiger partial charge in [-0.1, -0.05) is 72.8 Å². The van der Waals surface area contributed by atoms with Crippen molar-refractivity contribution in [3.63, 3.8) is 0 Å². The van der Waals surface area contributed by atoms with Crippen molar-refractivity contribution in [2.45, 2.75) is 12.2 Å². The quantitative estimate of drug-likeness (QED) is 0.499. The molecule has 4 N–H and O–H groups in total. The van der Waals surface area contributed by atoms with E-state index in [2.05, 4.69) is 0 Å². The molecule has 0 spiro atoms. The van der Waals surface area contributed by atoms with E-state index in [4.69, 9.17) is 5.11 Å². The van der Waals surface area contributed by atoms with E-state index in [-0.39, 0.29) is 17.9 Å². The smallest absolute Gasteiger partial charge is 0.186 e. The highest BCUT2D eigenvalue weighted by molar-refractivity contribution is 5.75. The lowest BCUT2D eigenvalue weighted by Crippen LogP contribution is -2.25. The molecule has 0 amide bonds. The van der Waals surface area contributed by atoms with Crippen LogP contribution >= 0.6 is 0 Å². The van der Waals surface area contributed by atoms with Gasteiger partial charge in [0, 0.05) is 18.1 Å². The Balaban J connectivity index is 0.000000161. The molecule has 0 aliphatic heterocycles. The molecular formula is C24H22O4. The van der Waals surface area contributed by atoms with E-state index in [1.54, 1.807) is 18.2 Å². The van der Waals surface area contributed by atoms with Gasteiger partial charge in [0.15, 0.2) is 5.79 Å². The van der Waals surface area contributed by atoms with Crippen LogP contribution in [0.15, 0.2) is 97.1 Å². The normalized spacial score (nSPS) is 14.6. The second-order valence-electron chi connectivity index (χ2n) is 6.51. The summed E-state index contributed by atoms with van der Waals surface area (Å²) >= 11 is 0. The molecule has 0 unspecified atom stereocenters. The Morgan fingerprint density at radius 1 is 0.714 bits per heavy atom. The summed E-state index contributed by atoms with van der Waals surface area (Å²) in [6.07, 6.45) is 5.22. The number of aromatic hydroxyl groups is 2. The first-order valence-corrected chi connectivity index (χ1v) is 8.91. The van der Waals surface area contributed by atoms with Crippen molar-refractivity contribution >= 4 is 5.57 Å². The molecule has 0 bridgehead atoms. The Morgan fingerprint density at radius 3 is 1.86 bits per heavy atom. The van der Waals surface area contributed by atoms with Gasteiger partial charge in [-0.25, -0.2) is 0 Å². The SMILES string of the molecule is OC1(O)C=CC(c2ccccc2)=CC1.Oc1ccc(-c2ccccc2)c(O)c1. The third kappa shape index (κ3) is 5.10. The molecule has 1 aliphatic rings. The highest BCUT2D eigenvalue weighted by atomic mass is 16.5. The zero-order valence-electron chi connectivity index (χ0n) is 15.2. The van der Waals surface area contributed by atoms with Gasteiger partial charge in [-0.05, 0) is 34.9 Å². The highest BCUT2D eigenvalue weighted by Gasteiger charge is 2.20. The third-order valence-corrected chi connectivity index (χ3v) is 4.33. The topological polar surface area (TPSA) is 80.9 Å². The molecule has 0 saturated carbocycles. The monoisotopic (exact) mass is 374 g/mol. The van der Waals surface area contributed by atoms with Crippen LogP contribution in [0.2, 0.25) is 0 Å². The van der Waals surface area contributed by atoms with E-state index in [9.17, 15) is 15.3 Å². The predicted octanol–water partition coefficient (Wildman–Crippen LogP) is 4.48. The summed E-state index contributed by atoms with van der Waals surface area (Å²) in [6.45, 7) is 0. The number of benzene rings is 3. The van der Waals surface area contributed by atoms with Gasteiger partial charge in [0.1, 0.15) is 11.5 Å². The zero-order valence-corrected chi connectivity index (χ0v) is 15.2. The van der Waals surface area contributed by atoms with E-state index in [0.29, 0.717) is 0 Å². The maximum Gasteiger partial charge on any atom is 0.186 e. The van der Waals surface area contributed by atoms with Gasteiger partial charge in [0.2, 0.25) is 0 Å². The fourth-order valence-electron chi connectivity index (χ4n) is 2.85. The fraction of sp³-hybridized carbons (Fsp3) is 0.0833. The Kier molecular flexibility index (Phi) is 5.94. The number of rotatable bonds is 2. The van der Waals surface area contributed by atoms with Crippen LogP contribution in [0.5, 0.6) is 11.5 Å². The minimum absolute atomic E-state index is 0.0715. The van der Waals surface area contributed by atoms with Crippen LogP contribution in [0.25, 0.3) is 16.7 Å². The molecule has 3 aromatic carbocycles. The zero-order chi connectivity index (χ0) is 20.0. The summed E-state index contributed by atoms with van der Waals surface area (Å²) in [6, 6.07) is 24.0. The van der Waals surface area contributed by atoms with E-state index in [0.717, 1.165) is 22.3 Å². The van der Waals surface area contributed by atoms with Gasteiger partial charge >= 0.3 is 0 Å². The predicted molar refractivity (Wildman–Crippen MR) is 111 cm³/mol. The molecule has 1 aliphatic carbocycles. The number of phenolic OH excluding ortho intramolecular Hbond substituents is 2. The summed E-state index contributed by atoms with van der Waals surface area (Å²) in [4.78, 5) is 0. The van der Waals surface area contributed by atoms with E-state index < -0.39 is 5.79 Å². The second kappa shape index (κ2) is 8.57. The molecule has 4 rings (SSSR count). The summed E-state index contributed by atoms with van der Waals surface area (Å²) in [5, 5.41) is 37.2. The van der Waals surface area contributed by atoms with Gasteiger partial charge in [-0.3, -0.25) is 0 Å². The number of phenols is 2. The van der Waals surface area contributed by atoms with Crippen LogP contribution in [-0.2, 0) is 0 Å². The largest absolute Gasteiger partial charge is 0.508 e. The first-order chi connectivity index (χ1) is 13.4. The van der Waals surface area contributed by atoms with Crippen LogP contribution in [0, 0.1) is 0 Å². The number of allylic oxidation sites excluding steroid dienone is 2. The first-order valence-electron chi connectivity index (χ1n) is 8.91. The average molecular weight is 374 g/mol. The molecule has 4 nitrogen and oxygen atoms in total. The first kappa shape index (κ1) is 19.4. The fourth-order valence-corrected chi connectivity index (χ4v) is 2.85. The Bertz CT molecular complexity index is 974. The lowest BCUT2D eigenvalue weighted by Gasteiger charge is -2.19. The van der Waals surface area contributed by atoms with Crippen molar-refractivity contribution in [2.24, 2.45) is 0 Å². The Labute approximate surface area is 164 Å².